The number of benzene rings is 1. The summed E-state index contributed by atoms with van der Waals surface area (Å²) in [5.74, 6) is -1.91. The number of hydrogen-bond acceptors (Lipinski definition) is 8. The first-order valence-electron chi connectivity index (χ1n) is 8.26. The topological polar surface area (TPSA) is 104 Å². The van der Waals surface area contributed by atoms with Gasteiger partial charge in [0.15, 0.2) is 0 Å². The molecule has 0 fully saturated rings. The van der Waals surface area contributed by atoms with Gasteiger partial charge in [-0.1, -0.05) is 12.1 Å². The predicted octanol–water partition coefficient (Wildman–Crippen LogP) is 2.41. The Balaban J connectivity index is 2.30. The van der Waals surface area contributed by atoms with Crippen molar-refractivity contribution in [3.63, 3.8) is 0 Å². The molecule has 8 nitrogen and oxygen atoms in total. The molecule has 142 valence electrons. The van der Waals surface area contributed by atoms with E-state index in [9.17, 15) is 9.59 Å². The monoisotopic (exact) mass is 391 g/mol. The molecule has 0 amide bonds. The van der Waals surface area contributed by atoms with E-state index in [0.717, 1.165) is 0 Å². The number of esters is 2. The van der Waals surface area contributed by atoms with Gasteiger partial charge in [-0.25, -0.2) is 14.2 Å². The number of aromatic nitrogens is 2. The summed E-state index contributed by atoms with van der Waals surface area (Å²) in [7, 11) is 1.28. The first-order chi connectivity index (χ1) is 13.0. The maximum Gasteiger partial charge on any atom is 0.336 e. The summed E-state index contributed by atoms with van der Waals surface area (Å²) < 4.78 is 15.0. The third-order valence-corrected chi connectivity index (χ3v) is 4.57. The fourth-order valence-electron chi connectivity index (χ4n) is 3.20. The molecule has 9 heteroatoms. The lowest BCUT2D eigenvalue weighted by molar-refractivity contribution is -0.139. The number of dihydropyridines is 1. The van der Waals surface area contributed by atoms with Gasteiger partial charge >= 0.3 is 11.9 Å². The van der Waals surface area contributed by atoms with Gasteiger partial charge in [0.1, 0.15) is 11.0 Å². The molecule has 1 aliphatic rings. The molecule has 0 aliphatic carbocycles. The van der Waals surface area contributed by atoms with E-state index in [2.05, 4.69) is 15.6 Å². The maximum absolute atomic E-state index is 12.8. The van der Waals surface area contributed by atoms with E-state index in [1.165, 1.54) is 7.11 Å². The van der Waals surface area contributed by atoms with Gasteiger partial charge in [-0.3, -0.25) is 0 Å². The largest absolute Gasteiger partial charge is 0.466 e. The highest BCUT2D eigenvalue weighted by molar-refractivity contribution is 6.20. The number of nitrogens with zero attached hydrogens (tertiary/aromatic N) is 2. The Hall–Kier alpha value is -2.87. The van der Waals surface area contributed by atoms with E-state index in [1.807, 2.05) is 0 Å². The number of alkyl halides is 1. The third kappa shape index (κ3) is 3.28. The molecule has 0 radical (unpaired) electrons. The minimum Gasteiger partial charge on any atom is -0.466 e. The summed E-state index contributed by atoms with van der Waals surface area (Å²) in [6.07, 6.45) is 0. The van der Waals surface area contributed by atoms with E-state index in [1.54, 1.807) is 32.0 Å². The second-order valence-corrected chi connectivity index (χ2v) is 6.08. The average Bonchev–Trinajstić information content (AvgIpc) is 3.15. The molecule has 1 aromatic carbocycles. The van der Waals surface area contributed by atoms with Gasteiger partial charge < -0.3 is 14.8 Å². The Labute approximate surface area is 160 Å². The fraction of sp³-hybridized carbons (Fsp3) is 0.333. The Morgan fingerprint density at radius 1 is 1.26 bits per heavy atom. The number of rotatable bonds is 5. The van der Waals surface area contributed by atoms with E-state index in [-0.39, 0.29) is 23.6 Å². The summed E-state index contributed by atoms with van der Waals surface area (Å²) in [4.78, 5) is 25.3. The van der Waals surface area contributed by atoms with Gasteiger partial charge in [-0.05, 0) is 35.8 Å². The van der Waals surface area contributed by atoms with Gasteiger partial charge in [0, 0.05) is 11.4 Å². The van der Waals surface area contributed by atoms with Crippen molar-refractivity contribution in [2.45, 2.75) is 19.8 Å². The zero-order valence-corrected chi connectivity index (χ0v) is 15.8. The van der Waals surface area contributed by atoms with E-state index >= 15 is 0 Å². The van der Waals surface area contributed by atoms with Crippen molar-refractivity contribution in [2.24, 2.45) is 0 Å². The second-order valence-electron chi connectivity index (χ2n) is 5.81. The molecular formula is C18H18ClN3O5. The molecule has 2 aromatic rings. The SMILES string of the molecule is CCOC(=O)C1=C(CCl)NC(C)=C(C(=O)OC)C1c1cccc2nonc12. The smallest absolute Gasteiger partial charge is 0.336 e. The Bertz CT molecular complexity index is 963. The number of halogens is 1. The van der Waals surface area contributed by atoms with Crippen LogP contribution in [0.2, 0.25) is 0 Å². The lowest BCUT2D eigenvalue weighted by Gasteiger charge is -2.30. The second kappa shape index (κ2) is 7.79. The number of ether oxygens (including phenoxy) is 2. The van der Waals surface area contributed by atoms with Crippen molar-refractivity contribution in [3.8, 4) is 0 Å². The minimum atomic E-state index is -0.790. The first-order valence-corrected chi connectivity index (χ1v) is 8.80. The zero-order chi connectivity index (χ0) is 19.6. The third-order valence-electron chi connectivity index (χ3n) is 4.31. The molecule has 0 bridgehead atoms. The van der Waals surface area contributed by atoms with Crippen LogP contribution in [0.15, 0.2) is 45.4 Å². The number of carbonyl (C=O) groups excluding carboxylic acids is 2. The molecule has 1 aromatic heterocycles. The summed E-state index contributed by atoms with van der Waals surface area (Å²) in [5, 5.41) is 10.8. The van der Waals surface area contributed by atoms with Gasteiger partial charge in [0.25, 0.3) is 0 Å². The van der Waals surface area contributed by atoms with Crippen LogP contribution in [0.1, 0.15) is 25.3 Å². The molecule has 3 rings (SSSR count). The number of fused-ring (bicyclic) bond motifs is 1. The van der Waals surface area contributed by atoms with Crippen LogP contribution in [-0.4, -0.2) is 41.8 Å². The van der Waals surface area contributed by atoms with Crippen molar-refractivity contribution in [3.05, 3.63) is 46.3 Å². The van der Waals surface area contributed by atoms with Crippen molar-refractivity contribution < 1.29 is 23.7 Å². The number of allylic oxidation sites excluding steroid dienone is 2. The Kier molecular flexibility index (Phi) is 5.46. The number of carbonyl (C=O) groups is 2. The highest BCUT2D eigenvalue weighted by Gasteiger charge is 2.39. The molecule has 0 saturated heterocycles. The van der Waals surface area contributed by atoms with Crippen molar-refractivity contribution in [1.29, 1.82) is 0 Å². The summed E-state index contributed by atoms with van der Waals surface area (Å²) in [6.45, 7) is 3.60. The van der Waals surface area contributed by atoms with E-state index in [0.29, 0.717) is 28.0 Å². The quantitative estimate of drug-likeness (QED) is 0.612. The van der Waals surface area contributed by atoms with Crippen molar-refractivity contribution >= 4 is 34.6 Å². The molecule has 1 N–H and O–H groups in total. The van der Waals surface area contributed by atoms with Crippen LogP contribution in [0.3, 0.4) is 0 Å². The molecular weight excluding hydrogens is 374 g/mol. The molecule has 0 spiro atoms. The summed E-state index contributed by atoms with van der Waals surface area (Å²) in [5.41, 5.74) is 3.00. The van der Waals surface area contributed by atoms with Gasteiger partial charge in [0.05, 0.1) is 36.7 Å². The van der Waals surface area contributed by atoms with Crippen LogP contribution in [0, 0.1) is 0 Å². The maximum atomic E-state index is 12.8. The highest BCUT2D eigenvalue weighted by Crippen LogP contribution is 2.41. The van der Waals surface area contributed by atoms with Crippen molar-refractivity contribution in [2.75, 3.05) is 19.6 Å². The van der Waals surface area contributed by atoms with Crippen LogP contribution in [0.5, 0.6) is 0 Å². The fourth-order valence-corrected chi connectivity index (χ4v) is 3.41. The van der Waals surface area contributed by atoms with Gasteiger partial charge in [-0.15, -0.1) is 11.6 Å². The standard InChI is InChI=1S/C18H18ClN3O5/c1-4-26-18(24)15-12(8-19)20-9(2)13(17(23)25-3)14(15)10-6-5-7-11-16(10)22-27-21-11/h5-7,14,20H,4,8H2,1-3H3. The number of methoxy groups -OCH3 is 1. The number of nitrogens with one attached hydrogen (secondary N) is 1. The van der Waals surface area contributed by atoms with Crippen LogP contribution >= 0.6 is 11.6 Å². The Morgan fingerprint density at radius 2 is 2.04 bits per heavy atom. The summed E-state index contributed by atoms with van der Waals surface area (Å²) in [6, 6.07) is 5.22. The van der Waals surface area contributed by atoms with E-state index in [4.69, 9.17) is 25.7 Å². The molecule has 1 atom stereocenters. The molecule has 1 unspecified atom stereocenters. The molecule has 2 heterocycles. The molecule has 27 heavy (non-hydrogen) atoms. The first kappa shape index (κ1) is 18.9. The van der Waals surface area contributed by atoms with Crippen LogP contribution in [0.25, 0.3) is 11.0 Å². The average molecular weight is 392 g/mol. The Morgan fingerprint density at radius 3 is 2.70 bits per heavy atom. The lowest BCUT2D eigenvalue weighted by atomic mass is 9.80. The highest BCUT2D eigenvalue weighted by atomic mass is 35.5. The zero-order valence-electron chi connectivity index (χ0n) is 15.0. The normalized spacial score (nSPS) is 17.1. The van der Waals surface area contributed by atoms with Crippen LogP contribution in [0.4, 0.5) is 0 Å². The molecule has 1 aliphatic heterocycles. The summed E-state index contributed by atoms with van der Waals surface area (Å²) >= 11 is 6.08. The van der Waals surface area contributed by atoms with Crippen molar-refractivity contribution in [1.82, 2.24) is 15.6 Å². The predicted molar refractivity (Wildman–Crippen MR) is 96.8 cm³/mol. The van der Waals surface area contributed by atoms with Gasteiger partial charge in [-0.2, -0.15) is 0 Å². The van der Waals surface area contributed by atoms with Crippen LogP contribution < -0.4 is 5.32 Å². The minimum absolute atomic E-state index is 0.0312. The number of hydrogen-bond donors (Lipinski definition) is 1. The lowest BCUT2D eigenvalue weighted by Crippen LogP contribution is -2.33. The van der Waals surface area contributed by atoms with Gasteiger partial charge in [0.2, 0.25) is 0 Å². The molecule has 0 saturated carbocycles. The van der Waals surface area contributed by atoms with E-state index < -0.39 is 17.9 Å². The van der Waals surface area contributed by atoms with Crippen LogP contribution in [-0.2, 0) is 19.1 Å².